The number of likely N-dealkylation sites (tertiary alicyclic amines) is 1. The van der Waals surface area contributed by atoms with Gasteiger partial charge in [-0.25, -0.2) is 4.79 Å². The second-order valence-electron chi connectivity index (χ2n) is 6.28. The molecule has 1 aliphatic heterocycles. The Balaban J connectivity index is 2.58. The molecule has 1 saturated heterocycles. The summed E-state index contributed by atoms with van der Waals surface area (Å²) in [7, 11) is 0. The number of nitrogens with zero attached hydrogens (tertiary/aromatic N) is 1. The quantitative estimate of drug-likeness (QED) is 0.778. The van der Waals surface area contributed by atoms with Gasteiger partial charge < -0.3 is 15.3 Å². The summed E-state index contributed by atoms with van der Waals surface area (Å²) in [6.45, 7) is 9.18. The molecule has 2 N–H and O–H groups in total. The maximum atomic E-state index is 12.1. The Morgan fingerprint density at radius 3 is 2.60 bits per heavy atom. The Hall–Kier alpha value is -1.52. The highest BCUT2D eigenvalue weighted by atomic mass is 16.4. The summed E-state index contributed by atoms with van der Waals surface area (Å²) in [5.41, 5.74) is 0.368. The second-order valence-corrected chi connectivity index (χ2v) is 6.28. The van der Waals surface area contributed by atoms with Crippen LogP contribution in [0, 0.1) is 11.3 Å². The minimum absolute atomic E-state index is 0.00273. The van der Waals surface area contributed by atoms with E-state index in [9.17, 15) is 14.7 Å². The van der Waals surface area contributed by atoms with Crippen LogP contribution in [0.2, 0.25) is 0 Å². The highest BCUT2D eigenvalue weighted by Gasteiger charge is 2.39. The van der Waals surface area contributed by atoms with Gasteiger partial charge in [-0.1, -0.05) is 11.6 Å². The lowest BCUT2D eigenvalue weighted by molar-refractivity contribution is -0.151. The third-order valence-corrected chi connectivity index (χ3v) is 4.04. The van der Waals surface area contributed by atoms with Gasteiger partial charge in [0.1, 0.15) is 0 Å². The van der Waals surface area contributed by atoms with E-state index in [1.807, 2.05) is 19.9 Å². The van der Waals surface area contributed by atoms with E-state index in [-0.39, 0.29) is 11.9 Å². The first-order chi connectivity index (χ1) is 9.25. The van der Waals surface area contributed by atoms with Crippen molar-refractivity contribution in [3.05, 3.63) is 11.6 Å². The fraction of sp³-hybridized carbons (Fsp3) is 0.733. The van der Waals surface area contributed by atoms with Gasteiger partial charge in [0, 0.05) is 19.6 Å². The van der Waals surface area contributed by atoms with E-state index in [1.54, 1.807) is 18.7 Å². The Bertz CT molecular complexity index is 398. The molecule has 0 aromatic rings. The molecule has 0 aliphatic carbocycles. The van der Waals surface area contributed by atoms with Crippen LogP contribution in [0.1, 0.15) is 40.5 Å². The molecule has 1 atom stereocenters. The van der Waals surface area contributed by atoms with E-state index >= 15 is 0 Å². The van der Waals surface area contributed by atoms with Crippen molar-refractivity contribution in [1.29, 1.82) is 0 Å². The highest BCUT2D eigenvalue weighted by molar-refractivity contribution is 5.76. The molecule has 1 rings (SSSR count). The van der Waals surface area contributed by atoms with E-state index in [0.29, 0.717) is 19.6 Å². The standard InChI is InChI=1S/C15H26N2O3/c1-11(2)7-8-16-14(20)17-9-5-6-12(10-17)15(3,4)13(18)19/h7,12H,5-6,8-10H2,1-4H3,(H,16,20)(H,18,19). The van der Waals surface area contributed by atoms with Crippen molar-refractivity contribution < 1.29 is 14.7 Å². The Morgan fingerprint density at radius 2 is 2.05 bits per heavy atom. The third-order valence-electron chi connectivity index (χ3n) is 4.04. The SMILES string of the molecule is CC(C)=CCNC(=O)N1CCCC(C(C)(C)C(=O)O)C1. The minimum atomic E-state index is -0.797. The number of carboxylic acids is 1. The van der Waals surface area contributed by atoms with Crippen molar-refractivity contribution in [2.24, 2.45) is 11.3 Å². The maximum Gasteiger partial charge on any atom is 0.317 e. The molecule has 5 nitrogen and oxygen atoms in total. The molecule has 0 radical (unpaired) electrons. The summed E-state index contributed by atoms with van der Waals surface area (Å²) in [4.78, 5) is 25.1. The van der Waals surface area contributed by atoms with Crippen molar-refractivity contribution in [2.45, 2.75) is 40.5 Å². The van der Waals surface area contributed by atoms with Crippen LogP contribution < -0.4 is 5.32 Å². The Kier molecular flexibility index (Phi) is 5.60. The predicted octanol–water partition coefficient (Wildman–Crippen LogP) is 2.49. The fourth-order valence-corrected chi connectivity index (χ4v) is 2.38. The zero-order valence-corrected chi connectivity index (χ0v) is 12.9. The number of allylic oxidation sites excluding steroid dienone is 1. The number of aliphatic carboxylic acids is 1. The molecular weight excluding hydrogens is 256 g/mol. The average molecular weight is 282 g/mol. The summed E-state index contributed by atoms with van der Waals surface area (Å²) in [5.74, 6) is -0.794. The van der Waals surface area contributed by atoms with Crippen molar-refractivity contribution in [3.8, 4) is 0 Å². The maximum absolute atomic E-state index is 12.1. The monoisotopic (exact) mass is 282 g/mol. The van der Waals surface area contributed by atoms with Crippen molar-refractivity contribution in [2.75, 3.05) is 19.6 Å². The van der Waals surface area contributed by atoms with Crippen LogP contribution in [0.3, 0.4) is 0 Å². The third kappa shape index (κ3) is 4.25. The smallest absolute Gasteiger partial charge is 0.317 e. The van der Waals surface area contributed by atoms with Gasteiger partial charge >= 0.3 is 12.0 Å². The van der Waals surface area contributed by atoms with Crippen LogP contribution in [0.15, 0.2) is 11.6 Å². The number of carboxylic acid groups (broad SMARTS) is 1. The van der Waals surface area contributed by atoms with Gasteiger partial charge in [-0.15, -0.1) is 0 Å². The van der Waals surface area contributed by atoms with Gasteiger partial charge in [-0.3, -0.25) is 4.79 Å². The van der Waals surface area contributed by atoms with Gasteiger partial charge in [0.05, 0.1) is 5.41 Å². The average Bonchev–Trinajstić information content (AvgIpc) is 2.38. The van der Waals surface area contributed by atoms with Crippen LogP contribution in [-0.4, -0.2) is 41.6 Å². The fourth-order valence-electron chi connectivity index (χ4n) is 2.38. The van der Waals surface area contributed by atoms with Gasteiger partial charge in [-0.2, -0.15) is 0 Å². The largest absolute Gasteiger partial charge is 0.481 e. The first kappa shape index (κ1) is 16.5. The van der Waals surface area contributed by atoms with Crippen LogP contribution in [-0.2, 0) is 4.79 Å². The molecule has 0 aromatic carbocycles. The molecule has 1 unspecified atom stereocenters. The number of rotatable bonds is 4. The predicted molar refractivity (Wildman–Crippen MR) is 78.5 cm³/mol. The zero-order chi connectivity index (χ0) is 15.3. The normalized spacial score (nSPS) is 19.4. The van der Waals surface area contributed by atoms with Gasteiger partial charge in [-0.05, 0) is 46.5 Å². The molecule has 5 heteroatoms. The van der Waals surface area contributed by atoms with Crippen molar-refractivity contribution in [1.82, 2.24) is 10.2 Å². The van der Waals surface area contributed by atoms with E-state index in [2.05, 4.69) is 5.32 Å². The summed E-state index contributed by atoms with van der Waals surface area (Å²) in [6, 6.07) is -0.103. The van der Waals surface area contributed by atoms with Gasteiger partial charge in [0.15, 0.2) is 0 Å². The number of urea groups is 1. The molecular formula is C15H26N2O3. The first-order valence-electron chi connectivity index (χ1n) is 7.14. The minimum Gasteiger partial charge on any atom is -0.481 e. The molecule has 1 aliphatic rings. The van der Waals surface area contributed by atoms with E-state index in [1.165, 1.54) is 0 Å². The molecule has 2 amide bonds. The number of hydrogen-bond acceptors (Lipinski definition) is 2. The molecule has 20 heavy (non-hydrogen) atoms. The Morgan fingerprint density at radius 1 is 1.40 bits per heavy atom. The van der Waals surface area contributed by atoms with Crippen LogP contribution >= 0.6 is 0 Å². The summed E-state index contributed by atoms with van der Waals surface area (Å²) >= 11 is 0. The number of nitrogens with one attached hydrogen (secondary N) is 1. The first-order valence-corrected chi connectivity index (χ1v) is 7.14. The topological polar surface area (TPSA) is 69.6 Å². The van der Waals surface area contributed by atoms with Crippen molar-refractivity contribution in [3.63, 3.8) is 0 Å². The number of hydrogen-bond donors (Lipinski definition) is 2. The highest BCUT2D eigenvalue weighted by Crippen LogP contribution is 2.34. The summed E-state index contributed by atoms with van der Waals surface area (Å²) < 4.78 is 0. The van der Waals surface area contributed by atoms with Crippen molar-refractivity contribution >= 4 is 12.0 Å². The molecule has 1 fully saturated rings. The number of carbonyl (C=O) groups excluding carboxylic acids is 1. The van der Waals surface area contributed by atoms with E-state index in [0.717, 1.165) is 18.4 Å². The lowest BCUT2D eigenvalue weighted by atomic mass is 9.74. The van der Waals surface area contributed by atoms with Gasteiger partial charge in [0.25, 0.3) is 0 Å². The van der Waals surface area contributed by atoms with Crippen LogP contribution in [0.5, 0.6) is 0 Å². The molecule has 0 bridgehead atoms. The summed E-state index contributed by atoms with van der Waals surface area (Å²) in [6.07, 6.45) is 3.68. The molecule has 0 aromatic heterocycles. The number of amides is 2. The van der Waals surface area contributed by atoms with Crippen LogP contribution in [0.25, 0.3) is 0 Å². The van der Waals surface area contributed by atoms with Crippen LogP contribution in [0.4, 0.5) is 4.79 Å². The second kappa shape index (κ2) is 6.77. The molecule has 1 heterocycles. The van der Waals surface area contributed by atoms with E-state index in [4.69, 9.17) is 0 Å². The summed E-state index contributed by atoms with van der Waals surface area (Å²) in [5, 5.41) is 12.1. The molecule has 0 spiro atoms. The zero-order valence-electron chi connectivity index (χ0n) is 12.9. The lowest BCUT2D eigenvalue weighted by Gasteiger charge is -2.39. The lowest BCUT2D eigenvalue weighted by Crippen LogP contribution is -2.49. The number of carbonyl (C=O) groups is 2. The molecule has 0 saturated carbocycles. The van der Waals surface area contributed by atoms with E-state index < -0.39 is 11.4 Å². The van der Waals surface area contributed by atoms with Gasteiger partial charge in [0.2, 0.25) is 0 Å². The Labute approximate surface area is 121 Å². The molecule has 114 valence electrons. The number of piperidine rings is 1.